The van der Waals surface area contributed by atoms with E-state index in [1.165, 1.54) is 0 Å². The van der Waals surface area contributed by atoms with Crippen LogP contribution in [0.1, 0.15) is 5.56 Å². The summed E-state index contributed by atoms with van der Waals surface area (Å²) in [6, 6.07) is 13.0. The maximum absolute atomic E-state index is 12.6. The number of carbonyl (C=O) groups is 1. The lowest BCUT2D eigenvalue weighted by Crippen LogP contribution is -2.19. The number of nitrogens with one attached hydrogen (secondary N) is 2. The maximum Gasteiger partial charge on any atom is 0.244 e. The van der Waals surface area contributed by atoms with Gasteiger partial charge in [0.15, 0.2) is 10.6 Å². The first-order valence-corrected chi connectivity index (χ1v) is 8.66. The molecule has 0 aliphatic rings. The molecule has 2 aromatic carbocycles. The summed E-state index contributed by atoms with van der Waals surface area (Å²) in [6.07, 6.45) is 0. The number of aryl methyl sites for hydroxylation is 1. The molecule has 0 unspecified atom stereocenters. The number of ether oxygens (including phenoxy) is 2. The van der Waals surface area contributed by atoms with Gasteiger partial charge in [-0.25, -0.2) is 0 Å². The highest BCUT2D eigenvalue weighted by Gasteiger charge is 2.13. The van der Waals surface area contributed by atoms with E-state index in [9.17, 15) is 4.79 Å². The Bertz CT molecular complexity index is 1000. The zero-order chi connectivity index (χ0) is 19.4. The number of aromatic nitrogens is 3. The van der Waals surface area contributed by atoms with E-state index >= 15 is 0 Å². The molecule has 8 heteroatoms. The number of nitrogens with zero attached hydrogens (tertiary/aromatic N) is 2. The zero-order valence-electron chi connectivity index (χ0n) is 15.3. The van der Waals surface area contributed by atoms with Crippen molar-refractivity contribution in [2.75, 3.05) is 19.5 Å². The van der Waals surface area contributed by atoms with Gasteiger partial charge in [0.2, 0.25) is 5.91 Å². The van der Waals surface area contributed by atoms with E-state index < -0.39 is 0 Å². The minimum atomic E-state index is -0.239. The van der Waals surface area contributed by atoms with Gasteiger partial charge in [-0.15, -0.1) is 0 Å². The lowest BCUT2D eigenvalue weighted by Gasteiger charge is -2.11. The Balaban J connectivity index is 1.83. The molecular formula is C19H20N4O3S. The highest BCUT2D eigenvalue weighted by atomic mass is 32.1. The van der Waals surface area contributed by atoms with Crippen molar-refractivity contribution in [1.29, 1.82) is 0 Å². The van der Waals surface area contributed by atoms with Crippen LogP contribution >= 0.6 is 12.2 Å². The summed E-state index contributed by atoms with van der Waals surface area (Å²) < 4.78 is 12.5. The molecule has 3 aromatic rings. The predicted molar refractivity (Wildman–Crippen MR) is 106 cm³/mol. The number of hydrogen-bond acceptors (Lipinski definition) is 5. The number of carbonyl (C=O) groups excluding carboxylic acids is 1. The SMILES string of the molecule is COc1cc(NC(=O)Cn2c(-c3cccc(C)c3)n[nH]c2=S)cc(OC)c1. The topological polar surface area (TPSA) is 81.2 Å². The highest BCUT2D eigenvalue weighted by molar-refractivity contribution is 7.71. The molecule has 3 rings (SSSR count). The molecule has 0 spiro atoms. The van der Waals surface area contributed by atoms with Gasteiger partial charge in [0.1, 0.15) is 18.0 Å². The van der Waals surface area contributed by atoms with Crippen molar-refractivity contribution < 1.29 is 14.3 Å². The molecule has 2 N–H and O–H groups in total. The lowest BCUT2D eigenvalue weighted by molar-refractivity contribution is -0.116. The second-order valence-corrected chi connectivity index (χ2v) is 6.34. The average Bonchev–Trinajstić information content (AvgIpc) is 3.01. The van der Waals surface area contributed by atoms with Crippen molar-refractivity contribution in [3.05, 3.63) is 52.8 Å². The average molecular weight is 384 g/mol. The third kappa shape index (κ3) is 4.35. The van der Waals surface area contributed by atoms with Crippen LogP contribution in [-0.4, -0.2) is 34.9 Å². The van der Waals surface area contributed by atoms with E-state index in [1.54, 1.807) is 37.0 Å². The van der Waals surface area contributed by atoms with Crippen LogP contribution in [0.5, 0.6) is 11.5 Å². The Labute approximate surface area is 161 Å². The number of hydrogen-bond donors (Lipinski definition) is 2. The predicted octanol–water partition coefficient (Wildman–Crippen LogP) is 3.57. The van der Waals surface area contributed by atoms with E-state index in [2.05, 4.69) is 15.5 Å². The van der Waals surface area contributed by atoms with Crippen LogP contribution in [0.4, 0.5) is 5.69 Å². The number of aromatic amines is 1. The van der Waals surface area contributed by atoms with Gasteiger partial charge in [0.25, 0.3) is 0 Å². The summed E-state index contributed by atoms with van der Waals surface area (Å²) in [5, 5.41) is 9.86. The van der Waals surface area contributed by atoms with E-state index in [4.69, 9.17) is 21.7 Å². The normalized spacial score (nSPS) is 10.5. The van der Waals surface area contributed by atoms with Crippen molar-refractivity contribution in [3.8, 4) is 22.9 Å². The first-order chi connectivity index (χ1) is 13.0. The first kappa shape index (κ1) is 18.7. The summed E-state index contributed by atoms with van der Waals surface area (Å²) in [6.45, 7) is 2.02. The smallest absolute Gasteiger partial charge is 0.244 e. The Hall–Kier alpha value is -3.13. The molecule has 1 amide bonds. The van der Waals surface area contributed by atoms with Gasteiger partial charge in [0, 0.05) is 29.4 Å². The lowest BCUT2D eigenvalue weighted by atomic mass is 10.1. The minimum Gasteiger partial charge on any atom is -0.497 e. The van der Waals surface area contributed by atoms with Crippen LogP contribution in [0.3, 0.4) is 0 Å². The zero-order valence-corrected chi connectivity index (χ0v) is 16.1. The fraction of sp³-hybridized carbons (Fsp3) is 0.211. The Morgan fingerprint density at radius 2 is 1.89 bits per heavy atom. The number of methoxy groups -OCH3 is 2. The van der Waals surface area contributed by atoms with Crippen LogP contribution in [0, 0.1) is 11.7 Å². The molecule has 0 fully saturated rings. The molecular weight excluding hydrogens is 364 g/mol. The van der Waals surface area contributed by atoms with Crippen molar-refractivity contribution in [2.45, 2.75) is 13.5 Å². The van der Waals surface area contributed by atoms with E-state index in [1.807, 2.05) is 31.2 Å². The van der Waals surface area contributed by atoms with Crippen molar-refractivity contribution in [1.82, 2.24) is 14.8 Å². The third-order valence-corrected chi connectivity index (χ3v) is 4.28. The first-order valence-electron chi connectivity index (χ1n) is 8.25. The van der Waals surface area contributed by atoms with Gasteiger partial charge in [-0.2, -0.15) is 5.10 Å². The number of H-pyrrole nitrogens is 1. The summed E-state index contributed by atoms with van der Waals surface area (Å²) in [4.78, 5) is 12.6. The molecule has 0 radical (unpaired) electrons. The van der Waals surface area contributed by atoms with E-state index in [-0.39, 0.29) is 12.5 Å². The monoisotopic (exact) mass is 384 g/mol. The molecule has 0 aliphatic heterocycles. The second kappa shape index (κ2) is 8.05. The van der Waals surface area contributed by atoms with Gasteiger partial charge in [-0.3, -0.25) is 14.5 Å². The standard InChI is InChI=1S/C19H20N4O3S/c1-12-5-4-6-13(7-12)18-21-22-19(27)23(18)11-17(24)20-14-8-15(25-2)10-16(9-14)26-3/h4-10H,11H2,1-3H3,(H,20,24)(H,22,27). The number of benzene rings is 2. The van der Waals surface area contributed by atoms with Gasteiger partial charge in [0.05, 0.1) is 14.2 Å². The highest BCUT2D eigenvalue weighted by Crippen LogP contribution is 2.26. The largest absolute Gasteiger partial charge is 0.497 e. The van der Waals surface area contributed by atoms with Crippen molar-refractivity contribution >= 4 is 23.8 Å². The van der Waals surface area contributed by atoms with Crippen LogP contribution < -0.4 is 14.8 Å². The molecule has 1 heterocycles. The van der Waals surface area contributed by atoms with Gasteiger partial charge < -0.3 is 14.8 Å². The van der Waals surface area contributed by atoms with Crippen molar-refractivity contribution in [2.24, 2.45) is 0 Å². The minimum absolute atomic E-state index is 0.0259. The van der Waals surface area contributed by atoms with Crippen LogP contribution in [0.15, 0.2) is 42.5 Å². The summed E-state index contributed by atoms with van der Waals surface area (Å²) in [7, 11) is 3.11. The Morgan fingerprint density at radius 3 is 2.52 bits per heavy atom. The maximum atomic E-state index is 12.6. The van der Waals surface area contributed by atoms with E-state index in [0.29, 0.717) is 27.8 Å². The molecule has 27 heavy (non-hydrogen) atoms. The molecule has 0 saturated carbocycles. The van der Waals surface area contributed by atoms with Gasteiger partial charge in [-0.1, -0.05) is 23.8 Å². The fourth-order valence-corrected chi connectivity index (χ4v) is 2.89. The molecule has 0 aliphatic carbocycles. The van der Waals surface area contributed by atoms with Crippen LogP contribution in [-0.2, 0) is 11.3 Å². The summed E-state index contributed by atoms with van der Waals surface area (Å²) in [5.74, 6) is 1.55. The van der Waals surface area contributed by atoms with Crippen molar-refractivity contribution in [3.63, 3.8) is 0 Å². The summed E-state index contributed by atoms with van der Waals surface area (Å²) in [5.41, 5.74) is 2.56. The number of rotatable bonds is 6. The van der Waals surface area contributed by atoms with Crippen LogP contribution in [0.2, 0.25) is 0 Å². The second-order valence-electron chi connectivity index (χ2n) is 5.96. The van der Waals surface area contributed by atoms with E-state index in [0.717, 1.165) is 11.1 Å². The van der Waals surface area contributed by atoms with Gasteiger partial charge in [-0.05, 0) is 25.2 Å². The molecule has 1 aromatic heterocycles. The fourth-order valence-electron chi connectivity index (χ4n) is 2.69. The number of amides is 1. The van der Waals surface area contributed by atoms with Gasteiger partial charge >= 0.3 is 0 Å². The Morgan fingerprint density at radius 1 is 1.19 bits per heavy atom. The molecule has 140 valence electrons. The summed E-state index contributed by atoms with van der Waals surface area (Å²) >= 11 is 5.29. The number of anilines is 1. The molecule has 0 bridgehead atoms. The molecule has 0 saturated heterocycles. The quantitative estimate of drug-likeness (QED) is 0.635. The Kier molecular flexibility index (Phi) is 5.56. The molecule has 7 nitrogen and oxygen atoms in total. The van der Waals surface area contributed by atoms with Crippen LogP contribution in [0.25, 0.3) is 11.4 Å². The third-order valence-electron chi connectivity index (χ3n) is 3.97. The molecule has 0 atom stereocenters.